The molecule has 0 saturated heterocycles. The summed E-state index contributed by atoms with van der Waals surface area (Å²) in [6, 6.07) is 0. The van der Waals surface area contributed by atoms with Crippen LogP contribution in [0.5, 0.6) is 0 Å². The van der Waals surface area contributed by atoms with Gasteiger partial charge in [0, 0.05) is 0 Å². The van der Waals surface area contributed by atoms with E-state index in [0.29, 0.717) is 11.3 Å². The summed E-state index contributed by atoms with van der Waals surface area (Å²) in [6.07, 6.45) is 5.99. The molecule has 0 amide bonds. The molecular formula is C10H18O. The molecule has 0 aromatic heterocycles. The Morgan fingerprint density at radius 3 is 2.36 bits per heavy atom. The lowest BCUT2D eigenvalue weighted by Crippen LogP contribution is -2.12. The Hall–Kier alpha value is -0.300. The zero-order valence-electron chi connectivity index (χ0n) is 7.67. The minimum Gasteiger partial charge on any atom is -0.389 e. The van der Waals surface area contributed by atoms with Gasteiger partial charge in [-0.1, -0.05) is 32.9 Å². The lowest BCUT2D eigenvalue weighted by atomic mass is 9.84. The lowest BCUT2D eigenvalue weighted by molar-refractivity contribution is 0.196. The van der Waals surface area contributed by atoms with Crippen LogP contribution in [0.25, 0.3) is 0 Å². The third-order valence-corrected chi connectivity index (χ3v) is 2.02. The Balaban J connectivity index is 2.36. The highest BCUT2D eigenvalue weighted by molar-refractivity contribution is 5.03. The van der Waals surface area contributed by atoms with Crippen LogP contribution in [0, 0.1) is 11.3 Å². The van der Waals surface area contributed by atoms with Gasteiger partial charge in [-0.15, -0.1) is 0 Å². The molecule has 2 atom stereocenters. The van der Waals surface area contributed by atoms with E-state index >= 15 is 0 Å². The smallest absolute Gasteiger partial charge is 0.0726 e. The lowest BCUT2D eigenvalue weighted by Gasteiger charge is -2.21. The summed E-state index contributed by atoms with van der Waals surface area (Å²) >= 11 is 0. The third kappa shape index (κ3) is 3.06. The van der Waals surface area contributed by atoms with Crippen LogP contribution < -0.4 is 0 Å². The van der Waals surface area contributed by atoms with Gasteiger partial charge in [-0.05, 0) is 24.2 Å². The number of aliphatic hydroxyl groups is 1. The molecule has 0 bridgehead atoms. The second-order valence-corrected chi connectivity index (χ2v) is 4.71. The van der Waals surface area contributed by atoms with Gasteiger partial charge in [0.2, 0.25) is 0 Å². The van der Waals surface area contributed by atoms with Crippen LogP contribution in [0.3, 0.4) is 0 Å². The standard InChI is InChI=1S/C10H18O/c1-10(2,3)7-8-4-5-9(11)6-8/h4-5,8-9,11H,6-7H2,1-3H3. The predicted molar refractivity (Wildman–Crippen MR) is 47.3 cm³/mol. The largest absolute Gasteiger partial charge is 0.389 e. The van der Waals surface area contributed by atoms with Gasteiger partial charge in [0.05, 0.1) is 6.10 Å². The van der Waals surface area contributed by atoms with Gasteiger partial charge in [-0.25, -0.2) is 0 Å². The van der Waals surface area contributed by atoms with Crippen molar-refractivity contribution in [3.63, 3.8) is 0 Å². The summed E-state index contributed by atoms with van der Waals surface area (Å²) in [6.45, 7) is 6.72. The molecule has 0 aromatic rings. The molecule has 0 aromatic carbocycles. The zero-order chi connectivity index (χ0) is 8.48. The van der Waals surface area contributed by atoms with E-state index in [1.54, 1.807) is 0 Å². The summed E-state index contributed by atoms with van der Waals surface area (Å²) in [5, 5.41) is 9.21. The molecule has 0 spiro atoms. The van der Waals surface area contributed by atoms with E-state index in [-0.39, 0.29) is 6.10 Å². The molecule has 1 N–H and O–H groups in total. The average molecular weight is 154 g/mol. The molecule has 64 valence electrons. The summed E-state index contributed by atoms with van der Waals surface area (Å²) < 4.78 is 0. The normalized spacial score (nSPS) is 31.3. The highest BCUT2D eigenvalue weighted by Gasteiger charge is 2.22. The van der Waals surface area contributed by atoms with E-state index in [2.05, 4.69) is 26.8 Å². The second kappa shape index (κ2) is 2.98. The van der Waals surface area contributed by atoms with Gasteiger partial charge in [0.15, 0.2) is 0 Å². The van der Waals surface area contributed by atoms with Crippen LogP contribution >= 0.6 is 0 Å². The third-order valence-electron chi connectivity index (χ3n) is 2.02. The first-order chi connectivity index (χ1) is 4.97. The first-order valence-corrected chi connectivity index (χ1v) is 4.34. The second-order valence-electron chi connectivity index (χ2n) is 4.71. The van der Waals surface area contributed by atoms with Gasteiger partial charge < -0.3 is 5.11 Å². The Kier molecular flexibility index (Phi) is 2.38. The molecule has 1 aliphatic rings. The van der Waals surface area contributed by atoms with E-state index in [1.807, 2.05) is 6.08 Å². The number of allylic oxidation sites excluding steroid dienone is 1. The van der Waals surface area contributed by atoms with Crippen LogP contribution in [0.15, 0.2) is 12.2 Å². The molecule has 0 fully saturated rings. The molecule has 0 aliphatic heterocycles. The van der Waals surface area contributed by atoms with Gasteiger partial charge in [-0.3, -0.25) is 0 Å². The van der Waals surface area contributed by atoms with Crippen molar-refractivity contribution >= 4 is 0 Å². The Bertz CT molecular complexity index is 153. The molecule has 11 heavy (non-hydrogen) atoms. The minimum atomic E-state index is -0.178. The van der Waals surface area contributed by atoms with Crippen molar-refractivity contribution in [2.75, 3.05) is 0 Å². The predicted octanol–water partition coefficient (Wildman–Crippen LogP) is 2.36. The molecule has 0 radical (unpaired) electrons. The van der Waals surface area contributed by atoms with E-state index in [9.17, 15) is 5.11 Å². The molecule has 1 nitrogen and oxygen atoms in total. The van der Waals surface area contributed by atoms with Crippen molar-refractivity contribution in [2.24, 2.45) is 11.3 Å². The zero-order valence-corrected chi connectivity index (χ0v) is 7.67. The quantitative estimate of drug-likeness (QED) is 0.575. The van der Waals surface area contributed by atoms with Crippen molar-refractivity contribution in [3.8, 4) is 0 Å². The Labute approximate surface area is 69.1 Å². The number of hydrogen-bond acceptors (Lipinski definition) is 1. The highest BCUT2D eigenvalue weighted by atomic mass is 16.3. The maximum atomic E-state index is 9.21. The van der Waals surface area contributed by atoms with Gasteiger partial charge >= 0.3 is 0 Å². The fourth-order valence-electron chi connectivity index (χ4n) is 1.69. The van der Waals surface area contributed by atoms with Crippen molar-refractivity contribution < 1.29 is 5.11 Å². The molecule has 0 saturated carbocycles. The van der Waals surface area contributed by atoms with Crippen LogP contribution in [-0.4, -0.2) is 11.2 Å². The molecular weight excluding hydrogens is 136 g/mol. The minimum absolute atomic E-state index is 0.178. The first-order valence-electron chi connectivity index (χ1n) is 4.34. The van der Waals surface area contributed by atoms with Gasteiger partial charge in [0.1, 0.15) is 0 Å². The Morgan fingerprint density at radius 2 is 2.00 bits per heavy atom. The van der Waals surface area contributed by atoms with Crippen LogP contribution in [0.1, 0.15) is 33.6 Å². The van der Waals surface area contributed by atoms with Crippen molar-refractivity contribution in [2.45, 2.75) is 39.7 Å². The van der Waals surface area contributed by atoms with Crippen LogP contribution in [0.2, 0.25) is 0 Å². The first kappa shape index (κ1) is 8.79. The fourth-order valence-corrected chi connectivity index (χ4v) is 1.69. The number of hydrogen-bond donors (Lipinski definition) is 1. The number of rotatable bonds is 1. The fraction of sp³-hybridized carbons (Fsp3) is 0.800. The molecule has 0 heterocycles. The summed E-state index contributed by atoms with van der Waals surface area (Å²) in [5.41, 5.74) is 0.388. The van der Waals surface area contributed by atoms with E-state index < -0.39 is 0 Å². The van der Waals surface area contributed by atoms with Crippen molar-refractivity contribution in [3.05, 3.63) is 12.2 Å². The highest BCUT2D eigenvalue weighted by Crippen LogP contribution is 2.30. The Morgan fingerprint density at radius 1 is 1.36 bits per heavy atom. The van der Waals surface area contributed by atoms with Gasteiger partial charge in [-0.2, -0.15) is 0 Å². The number of aliphatic hydroxyl groups excluding tert-OH is 1. The molecule has 1 rings (SSSR count). The topological polar surface area (TPSA) is 20.2 Å². The van der Waals surface area contributed by atoms with Crippen LogP contribution in [0.4, 0.5) is 0 Å². The molecule has 2 unspecified atom stereocenters. The summed E-state index contributed by atoms with van der Waals surface area (Å²) in [7, 11) is 0. The maximum Gasteiger partial charge on any atom is 0.0726 e. The maximum absolute atomic E-state index is 9.21. The van der Waals surface area contributed by atoms with E-state index in [4.69, 9.17) is 0 Å². The summed E-state index contributed by atoms with van der Waals surface area (Å²) in [5.74, 6) is 0.602. The van der Waals surface area contributed by atoms with Crippen LogP contribution in [-0.2, 0) is 0 Å². The SMILES string of the molecule is CC(C)(C)CC1C=CC(O)C1. The monoisotopic (exact) mass is 154 g/mol. The van der Waals surface area contributed by atoms with E-state index in [1.165, 1.54) is 6.42 Å². The van der Waals surface area contributed by atoms with Crippen molar-refractivity contribution in [1.29, 1.82) is 0 Å². The molecule has 1 aliphatic carbocycles. The van der Waals surface area contributed by atoms with Gasteiger partial charge in [0.25, 0.3) is 0 Å². The van der Waals surface area contributed by atoms with Crippen molar-refractivity contribution in [1.82, 2.24) is 0 Å². The van der Waals surface area contributed by atoms with E-state index in [0.717, 1.165) is 6.42 Å². The average Bonchev–Trinajstić information content (AvgIpc) is 2.10. The molecule has 1 heteroatoms. The summed E-state index contributed by atoms with van der Waals surface area (Å²) in [4.78, 5) is 0.